The van der Waals surface area contributed by atoms with Crippen LogP contribution in [-0.2, 0) is 16.4 Å². The summed E-state index contributed by atoms with van der Waals surface area (Å²) >= 11 is 0. The fourth-order valence-corrected chi connectivity index (χ4v) is 2.96. The van der Waals surface area contributed by atoms with Crippen LogP contribution in [0.15, 0.2) is 18.2 Å². The van der Waals surface area contributed by atoms with Crippen molar-refractivity contribution < 1.29 is 12.8 Å². The smallest absolute Gasteiger partial charge is 0.208 e. The Morgan fingerprint density at radius 2 is 2.16 bits per heavy atom. The van der Waals surface area contributed by atoms with E-state index in [2.05, 4.69) is 10.0 Å². The second kappa shape index (κ2) is 5.98. The second-order valence-corrected chi connectivity index (χ2v) is 6.71. The van der Waals surface area contributed by atoms with E-state index in [1.54, 1.807) is 6.07 Å². The van der Waals surface area contributed by atoms with E-state index in [0.29, 0.717) is 19.5 Å². The summed E-state index contributed by atoms with van der Waals surface area (Å²) in [5.41, 5.74) is 1.85. The highest BCUT2D eigenvalue weighted by molar-refractivity contribution is 7.88. The maximum Gasteiger partial charge on any atom is 0.208 e. The molecule has 0 heterocycles. The number of sulfonamides is 1. The van der Waals surface area contributed by atoms with Gasteiger partial charge in [-0.1, -0.05) is 12.1 Å². The van der Waals surface area contributed by atoms with E-state index in [1.165, 1.54) is 6.07 Å². The van der Waals surface area contributed by atoms with E-state index >= 15 is 0 Å². The van der Waals surface area contributed by atoms with Gasteiger partial charge in [-0.25, -0.2) is 17.5 Å². The van der Waals surface area contributed by atoms with Crippen LogP contribution >= 0.6 is 0 Å². The van der Waals surface area contributed by atoms with Crippen molar-refractivity contribution in [3.8, 4) is 0 Å². The minimum Gasteiger partial charge on any atom is -0.310 e. The molecular formula is C13H19FN2O2S. The molecule has 0 saturated carbocycles. The molecule has 19 heavy (non-hydrogen) atoms. The van der Waals surface area contributed by atoms with Crippen molar-refractivity contribution in [2.45, 2.75) is 25.3 Å². The molecule has 0 fully saturated rings. The van der Waals surface area contributed by atoms with Crippen LogP contribution in [0.5, 0.6) is 0 Å². The van der Waals surface area contributed by atoms with Crippen molar-refractivity contribution in [3.63, 3.8) is 0 Å². The lowest BCUT2D eigenvalue weighted by Gasteiger charge is -2.14. The molecule has 1 aromatic rings. The Hall–Kier alpha value is -0.980. The van der Waals surface area contributed by atoms with Gasteiger partial charge in [0.15, 0.2) is 0 Å². The number of hydrogen-bond donors (Lipinski definition) is 2. The van der Waals surface area contributed by atoms with E-state index in [1.807, 2.05) is 6.07 Å². The van der Waals surface area contributed by atoms with E-state index < -0.39 is 10.0 Å². The highest BCUT2D eigenvalue weighted by atomic mass is 32.2. The first-order valence-electron chi connectivity index (χ1n) is 6.42. The maximum atomic E-state index is 13.5. The van der Waals surface area contributed by atoms with Crippen LogP contribution < -0.4 is 10.0 Å². The maximum absolute atomic E-state index is 13.5. The molecule has 1 unspecified atom stereocenters. The Morgan fingerprint density at radius 1 is 1.37 bits per heavy atom. The summed E-state index contributed by atoms with van der Waals surface area (Å²) in [7, 11) is -3.11. The molecule has 0 bridgehead atoms. The molecule has 1 atom stereocenters. The van der Waals surface area contributed by atoms with Gasteiger partial charge in [-0.3, -0.25) is 0 Å². The largest absolute Gasteiger partial charge is 0.310 e. The third kappa shape index (κ3) is 3.99. The van der Waals surface area contributed by atoms with Gasteiger partial charge in [0.05, 0.1) is 6.26 Å². The molecule has 0 aromatic heterocycles. The quantitative estimate of drug-likeness (QED) is 0.776. The third-order valence-corrected chi connectivity index (χ3v) is 4.05. The molecular weight excluding hydrogens is 267 g/mol. The molecule has 1 aliphatic rings. The average molecular weight is 286 g/mol. The number of rotatable bonds is 6. The molecule has 0 radical (unpaired) electrons. The average Bonchev–Trinajstić information content (AvgIpc) is 2.72. The van der Waals surface area contributed by atoms with Crippen LogP contribution in [0, 0.1) is 5.82 Å². The van der Waals surface area contributed by atoms with Gasteiger partial charge in [0.2, 0.25) is 10.0 Å². The fraction of sp³-hybridized carbons (Fsp3) is 0.538. The number of benzene rings is 1. The van der Waals surface area contributed by atoms with Crippen LogP contribution in [0.2, 0.25) is 0 Å². The van der Waals surface area contributed by atoms with Crippen LogP contribution in [0.25, 0.3) is 0 Å². The number of fused-ring (bicyclic) bond motifs is 1. The third-order valence-electron chi connectivity index (χ3n) is 3.32. The SMILES string of the molecule is CS(=O)(=O)NCCCNC1CCc2c(F)cccc21. The predicted molar refractivity (Wildman–Crippen MR) is 72.9 cm³/mol. The van der Waals surface area contributed by atoms with Gasteiger partial charge in [-0.05, 0) is 43.0 Å². The predicted octanol–water partition coefficient (Wildman–Crippen LogP) is 1.34. The molecule has 0 spiro atoms. The lowest BCUT2D eigenvalue weighted by Crippen LogP contribution is -2.27. The highest BCUT2D eigenvalue weighted by Gasteiger charge is 2.23. The summed E-state index contributed by atoms with van der Waals surface area (Å²) in [6.07, 6.45) is 3.53. The number of halogens is 1. The summed E-state index contributed by atoms with van der Waals surface area (Å²) in [6.45, 7) is 1.14. The van der Waals surface area contributed by atoms with Crippen LogP contribution in [0.3, 0.4) is 0 Å². The van der Waals surface area contributed by atoms with Gasteiger partial charge in [0.25, 0.3) is 0 Å². The summed E-state index contributed by atoms with van der Waals surface area (Å²) in [5, 5.41) is 3.35. The van der Waals surface area contributed by atoms with Gasteiger partial charge in [-0.15, -0.1) is 0 Å². The minimum absolute atomic E-state index is 0.124. The van der Waals surface area contributed by atoms with Gasteiger partial charge in [0.1, 0.15) is 5.82 Å². The first kappa shape index (κ1) is 14.4. The van der Waals surface area contributed by atoms with Crippen molar-refractivity contribution in [2.75, 3.05) is 19.3 Å². The van der Waals surface area contributed by atoms with Crippen molar-refractivity contribution >= 4 is 10.0 Å². The van der Waals surface area contributed by atoms with E-state index in [9.17, 15) is 12.8 Å². The normalized spacial score (nSPS) is 18.5. The zero-order chi connectivity index (χ0) is 13.9. The number of nitrogens with one attached hydrogen (secondary N) is 2. The Morgan fingerprint density at radius 3 is 2.89 bits per heavy atom. The van der Waals surface area contributed by atoms with Crippen LogP contribution in [-0.4, -0.2) is 27.8 Å². The summed E-state index contributed by atoms with van der Waals surface area (Å²) < 4.78 is 37.7. The minimum atomic E-state index is -3.11. The lowest BCUT2D eigenvalue weighted by molar-refractivity contribution is 0.517. The van der Waals surface area contributed by atoms with Crippen molar-refractivity contribution in [2.24, 2.45) is 0 Å². The first-order valence-corrected chi connectivity index (χ1v) is 8.32. The Bertz CT molecular complexity index is 546. The Labute approximate surface area is 113 Å². The zero-order valence-electron chi connectivity index (χ0n) is 10.9. The Kier molecular flexibility index (Phi) is 4.54. The zero-order valence-corrected chi connectivity index (χ0v) is 11.8. The van der Waals surface area contributed by atoms with Gasteiger partial charge < -0.3 is 5.32 Å². The van der Waals surface area contributed by atoms with Gasteiger partial charge in [-0.2, -0.15) is 0 Å². The molecule has 1 aromatic carbocycles. The molecule has 4 nitrogen and oxygen atoms in total. The van der Waals surface area contributed by atoms with Crippen molar-refractivity contribution in [1.82, 2.24) is 10.0 Å². The summed E-state index contributed by atoms with van der Waals surface area (Å²) in [5.74, 6) is -0.124. The first-order chi connectivity index (χ1) is 8.97. The van der Waals surface area contributed by atoms with E-state index in [4.69, 9.17) is 0 Å². The lowest BCUT2D eigenvalue weighted by atomic mass is 10.1. The standard InChI is InChI=1S/C13H19FN2O2S/c1-19(17,18)16-9-3-8-15-13-7-6-10-11(13)4-2-5-12(10)14/h2,4-5,13,15-16H,3,6-9H2,1H3. The molecule has 6 heteroatoms. The number of hydrogen-bond acceptors (Lipinski definition) is 3. The van der Waals surface area contributed by atoms with Gasteiger partial charge in [0, 0.05) is 12.6 Å². The Balaban J connectivity index is 1.79. The molecule has 106 valence electrons. The van der Waals surface area contributed by atoms with Crippen LogP contribution in [0.1, 0.15) is 30.0 Å². The molecule has 1 aliphatic carbocycles. The summed E-state index contributed by atoms with van der Waals surface area (Å²) in [4.78, 5) is 0. The monoisotopic (exact) mass is 286 g/mol. The molecule has 0 amide bonds. The fourth-order valence-electron chi connectivity index (χ4n) is 2.44. The topological polar surface area (TPSA) is 58.2 Å². The van der Waals surface area contributed by atoms with E-state index in [-0.39, 0.29) is 11.9 Å². The molecule has 0 aliphatic heterocycles. The molecule has 2 rings (SSSR count). The van der Waals surface area contributed by atoms with E-state index in [0.717, 1.165) is 30.2 Å². The molecule has 0 saturated heterocycles. The van der Waals surface area contributed by atoms with Gasteiger partial charge >= 0.3 is 0 Å². The summed E-state index contributed by atoms with van der Waals surface area (Å²) in [6, 6.07) is 5.37. The van der Waals surface area contributed by atoms with Crippen LogP contribution in [0.4, 0.5) is 4.39 Å². The van der Waals surface area contributed by atoms with Crippen molar-refractivity contribution in [3.05, 3.63) is 35.1 Å². The van der Waals surface area contributed by atoms with Crippen molar-refractivity contribution in [1.29, 1.82) is 0 Å². The highest BCUT2D eigenvalue weighted by Crippen LogP contribution is 2.32. The second-order valence-electron chi connectivity index (χ2n) is 4.87. The molecule has 2 N–H and O–H groups in total.